The molecule has 0 unspecified atom stereocenters. The molecule has 0 aliphatic heterocycles. The van der Waals surface area contributed by atoms with Gasteiger partial charge in [0, 0.05) is 14.5 Å². The van der Waals surface area contributed by atoms with Gasteiger partial charge in [0.15, 0.2) is 0 Å². The van der Waals surface area contributed by atoms with E-state index in [4.69, 9.17) is 23.2 Å². The Balaban J connectivity index is 2.07. The normalized spacial score (nSPS) is 11.0. The van der Waals surface area contributed by atoms with Crippen molar-refractivity contribution >= 4 is 50.0 Å². The standard InChI is InChI=1S/C15H9BrCl2N2O/c16-10-2-4-12-14(5-10)19-8-20(15(12)21)7-9-1-3-11(17)6-13(9)18/h1-6,8H,7H2. The lowest BCUT2D eigenvalue weighted by atomic mass is 10.2. The van der Waals surface area contributed by atoms with Gasteiger partial charge in [0.2, 0.25) is 0 Å². The molecule has 1 aromatic heterocycles. The van der Waals surface area contributed by atoms with Crippen molar-refractivity contribution in [1.29, 1.82) is 0 Å². The SMILES string of the molecule is O=c1c2ccc(Br)cc2ncn1Cc1ccc(Cl)cc1Cl. The largest absolute Gasteiger partial charge is 0.294 e. The maximum absolute atomic E-state index is 12.5. The number of hydrogen-bond acceptors (Lipinski definition) is 2. The lowest BCUT2D eigenvalue weighted by Gasteiger charge is -2.08. The summed E-state index contributed by atoms with van der Waals surface area (Å²) in [6.45, 7) is 0.355. The molecule has 0 bridgehead atoms. The first-order valence-electron chi connectivity index (χ1n) is 6.13. The molecule has 106 valence electrons. The summed E-state index contributed by atoms with van der Waals surface area (Å²) < 4.78 is 2.42. The zero-order valence-electron chi connectivity index (χ0n) is 10.7. The predicted molar refractivity (Wildman–Crippen MR) is 89.3 cm³/mol. The fourth-order valence-electron chi connectivity index (χ4n) is 2.08. The van der Waals surface area contributed by atoms with Crippen LogP contribution in [0.15, 0.2) is 52.0 Å². The first-order valence-corrected chi connectivity index (χ1v) is 7.68. The number of halogens is 3. The molecule has 3 nitrogen and oxygen atoms in total. The Kier molecular flexibility index (Phi) is 4.02. The molecule has 0 fully saturated rings. The summed E-state index contributed by atoms with van der Waals surface area (Å²) in [5.41, 5.74) is 1.38. The predicted octanol–water partition coefficient (Wildman–Crippen LogP) is 4.51. The number of rotatable bonds is 2. The van der Waals surface area contributed by atoms with Crippen LogP contribution in [-0.2, 0) is 6.54 Å². The Labute approximate surface area is 139 Å². The van der Waals surface area contributed by atoms with E-state index in [1.165, 1.54) is 10.9 Å². The molecular formula is C15H9BrCl2N2O. The second-order valence-corrected chi connectivity index (χ2v) is 6.33. The number of nitrogens with zero attached hydrogens (tertiary/aromatic N) is 2. The fraction of sp³-hybridized carbons (Fsp3) is 0.0667. The van der Waals surface area contributed by atoms with E-state index in [9.17, 15) is 4.79 Å². The highest BCUT2D eigenvalue weighted by molar-refractivity contribution is 9.10. The topological polar surface area (TPSA) is 34.9 Å². The summed E-state index contributed by atoms with van der Waals surface area (Å²) in [4.78, 5) is 16.8. The number of hydrogen-bond donors (Lipinski definition) is 0. The molecule has 0 radical (unpaired) electrons. The van der Waals surface area contributed by atoms with E-state index in [-0.39, 0.29) is 5.56 Å². The van der Waals surface area contributed by atoms with Crippen LogP contribution in [0.1, 0.15) is 5.56 Å². The van der Waals surface area contributed by atoms with E-state index in [1.54, 1.807) is 18.2 Å². The van der Waals surface area contributed by atoms with Gasteiger partial charge in [-0.3, -0.25) is 9.36 Å². The highest BCUT2D eigenvalue weighted by Crippen LogP contribution is 2.21. The van der Waals surface area contributed by atoms with E-state index < -0.39 is 0 Å². The second-order valence-electron chi connectivity index (χ2n) is 4.57. The molecule has 0 aliphatic carbocycles. The van der Waals surface area contributed by atoms with E-state index in [1.807, 2.05) is 18.2 Å². The summed E-state index contributed by atoms with van der Waals surface area (Å²) in [7, 11) is 0. The number of fused-ring (bicyclic) bond motifs is 1. The molecule has 2 aromatic carbocycles. The van der Waals surface area contributed by atoms with Crippen molar-refractivity contribution < 1.29 is 0 Å². The van der Waals surface area contributed by atoms with Crippen LogP contribution in [0.25, 0.3) is 10.9 Å². The molecule has 1 heterocycles. The maximum Gasteiger partial charge on any atom is 0.261 e. The maximum atomic E-state index is 12.5. The molecule has 0 saturated carbocycles. The minimum absolute atomic E-state index is 0.0986. The molecule has 0 N–H and O–H groups in total. The zero-order chi connectivity index (χ0) is 15.0. The highest BCUT2D eigenvalue weighted by atomic mass is 79.9. The quantitative estimate of drug-likeness (QED) is 0.652. The first kappa shape index (κ1) is 14.6. The van der Waals surface area contributed by atoms with Crippen LogP contribution in [0.5, 0.6) is 0 Å². The van der Waals surface area contributed by atoms with Crippen LogP contribution in [0.2, 0.25) is 10.0 Å². The van der Waals surface area contributed by atoms with Crippen LogP contribution < -0.4 is 5.56 Å². The molecule has 3 aromatic rings. The number of aromatic nitrogens is 2. The third kappa shape index (κ3) is 2.98. The highest BCUT2D eigenvalue weighted by Gasteiger charge is 2.07. The second kappa shape index (κ2) is 5.79. The van der Waals surface area contributed by atoms with Gasteiger partial charge in [-0.1, -0.05) is 45.2 Å². The third-order valence-electron chi connectivity index (χ3n) is 3.14. The van der Waals surface area contributed by atoms with Crippen LogP contribution >= 0.6 is 39.1 Å². The van der Waals surface area contributed by atoms with Crippen molar-refractivity contribution in [2.45, 2.75) is 6.54 Å². The van der Waals surface area contributed by atoms with E-state index >= 15 is 0 Å². The van der Waals surface area contributed by atoms with Crippen molar-refractivity contribution in [2.75, 3.05) is 0 Å². The van der Waals surface area contributed by atoms with Crippen molar-refractivity contribution in [3.8, 4) is 0 Å². The van der Waals surface area contributed by atoms with Crippen molar-refractivity contribution in [2.24, 2.45) is 0 Å². The molecule has 0 spiro atoms. The smallest absolute Gasteiger partial charge is 0.261 e. The van der Waals surface area contributed by atoms with E-state index in [0.717, 1.165) is 10.0 Å². The first-order chi connectivity index (χ1) is 10.0. The number of benzene rings is 2. The van der Waals surface area contributed by atoms with Gasteiger partial charge in [0.25, 0.3) is 5.56 Å². The van der Waals surface area contributed by atoms with Crippen molar-refractivity contribution in [3.05, 3.63) is 73.2 Å². The summed E-state index contributed by atoms with van der Waals surface area (Å²) in [6.07, 6.45) is 1.53. The molecule has 21 heavy (non-hydrogen) atoms. The Bertz CT molecular complexity index is 892. The molecule has 6 heteroatoms. The van der Waals surface area contributed by atoms with Crippen LogP contribution in [-0.4, -0.2) is 9.55 Å². The van der Waals surface area contributed by atoms with Gasteiger partial charge < -0.3 is 0 Å². The van der Waals surface area contributed by atoms with E-state index in [0.29, 0.717) is 27.5 Å². The van der Waals surface area contributed by atoms with Gasteiger partial charge in [0.1, 0.15) is 0 Å². The monoisotopic (exact) mass is 382 g/mol. The zero-order valence-corrected chi connectivity index (χ0v) is 13.8. The Morgan fingerprint density at radius 3 is 2.71 bits per heavy atom. The summed E-state index contributed by atoms with van der Waals surface area (Å²) in [5, 5.41) is 1.67. The van der Waals surface area contributed by atoms with Crippen LogP contribution in [0.3, 0.4) is 0 Å². The van der Waals surface area contributed by atoms with Gasteiger partial charge in [-0.25, -0.2) is 4.98 Å². The molecule has 0 amide bonds. The average molecular weight is 384 g/mol. The van der Waals surface area contributed by atoms with E-state index in [2.05, 4.69) is 20.9 Å². The Morgan fingerprint density at radius 1 is 1.14 bits per heavy atom. The molecule has 3 rings (SSSR count). The lowest BCUT2D eigenvalue weighted by Crippen LogP contribution is -2.21. The summed E-state index contributed by atoms with van der Waals surface area (Å²) in [5.74, 6) is 0. The summed E-state index contributed by atoms with van der Waals surface area (Å²) >= 11 is 15.4. The van der Waals surface area contributed by atoms with Crippen molar-refractivity contribution in [1.82, 2.24) is 9.55 Å². The van der Waals surface area contributed by atoms with Gasteiger partial charge in [-0.05, 0) is 35.9 Å². The Hall–Kier alpha value is -1.36. The summed E-state index contributed by atoms with van der Waals surface area (Å²) in [6, 6.07) is 10.6. The third-order valence-corrected chi connectivity index (χ3v) is 4.22. The molecule has 0 aliphatic rings. The lowest BCUT2D eigenvalue weighted by molar-refractivity contribution is 0.748. The minimum atomic E-state index is -0.0986. The van der Waals surface area contributed by atoms with Gasteiger partial charge >= 0.3 is 0 Å². The van der Waals surface area contributed by atoms with Crippen LogP contribution in [0, 0.1) is 0 Å². The molecular weight excluding hydrogens is 375 g/mol. The fourth-order valence-corrected chi connectivity index (χ4v) is 2.89. The molecule has 0 saturated heterocycles. The molecule has 0 atom stereocenters. The van der Waals surface area contributed by atoms with Gasteiger partial charge in [-0.15, -0.1) is 0 Å². The minimum Gasteiger partial charge on any atom is -0.294 e. The average Bonchev–Trinajstić information content (AvgIpc) is 2.44. The van der Waals surface area contributed by atoms with Gasteiger partial charge in [-0.2, -0.15) is 0 Å². The Morgan fingerprint density at radius 2 is 1.95 bits per heavy atom. The van der Waals surface area contributed by atoms with Crippen molar-refractivity contribution in [3.63, 3.8) is 0 Å². The van der Waals surface area contributed by atoms with Gasteiger partial charge in [0.05, 0.1) is 23.8 Å². The van der Waals surface area contributed by atoms with Crippen LogP contribution in [0.4, 0.5) is 0 Å².